The van der Waals surface area contributed by atoms with E-state index in [4.69, 9.17) is 0 Å². The van der Waals surface area contributed by atoms with Gasteiger partial charge in [0.05, 0.1) is 0 Å². The summed E-state index contributed by atoms with van der Waals surface area (Å²) < 4.78 is 26.8. The number of nitrogens with zero attached hydrogens (tertiary/aromatic N) is 1. The van der Waals surface area contributed by atoms with E-state index in [9.17, 15) is 8.78 Å². The van der Waals surface area contributed by atoms with E-state index in [1.165, 1.54) is 12.5 Å². The smallest absolute Gasteiger partial charge is 0.163 e. The lowest BCUT2D eigenvalue weighted by Gasteiger charge is -2.24. The Labute approximate surface area is 115 Å². The van der Waals surface area contributed by atoms with Crippen molar-refractivity contribution in [2.24, 2.45) is 0 Å². The summed E-state index contributed by atoms with van der Waals surface area (Å²) in [5, 5.41) is 1.01. The molecule has 0 bridgehead atoms. The number of hydrogen-bond acceptors (Lipinski definition) is 1. The quantitative estimate of drug-likeness (QED) is 0.739. The summed E-state index contributed by atoms with van der Waals surface area (Å²) >= 11 is 3.44. The molecular formula is C14H18BrF2N. The molecule has 0 aromatic heterocycles. The van der Waals surface area contributed by atoms with Crippen molar-refractivity contribution in [1.82, 2.24) is 4.90 Å². The van der Waals surface area contributed by atoms with Crippen molar-refractivity contribution in [3.05, 3.63) is 35.4 Å². The first-order valence-corrected chi connectivity index (χ1v) is 7.57. The van der Waals surface area contributed by atoms with Gasteiger partial charge in [-0.25, -0.2) is 8.78 Å². The summed E-state index contributed by atoms with van der Waals surface area (Å²) in [5.74, 6) is -1.44. The number of rotatable bonds is 5. The summed E-state index contributed by atoms with van der Waals surface area (Å²) in [7, 11) is 0. The Bertz CT molecular complexity index is 397. The molecule has 1 fully saturated rings. The van der Waals surface area contributed by atoms with Crippen LogP contribution in [0.4, 0.5) is 8.78 Å². The third-order valence-corrected chi connectivity index (χ3v) is 4.14. The third-order valence-electron chi connectivity index (χ3n) is 3.58. The minimum atomic E-state index is -0.747. The molecule has 0 spiro atoms. The molecule has 0 radical (unpaired) electrons. The maximum absolute atomic E-state index is 13.6. The molecule has 2 rings (SSSR count). The molecule has 1 aromatic carbocycles. The molecule has 0 N–H and O–H groups in total. The molecule has 4 heteroatoms. The van der Waals surface area contributed by atoms with Gasteiger partial charge in [0.2, 0.25) is 0 Å². The second-order valence-electron chi connectivity index (χ2n) is 4.81. The van der Waals surface area contributed by atoms with Gasteiger partial charge in [-0.1, -0.05) is 28.1 Å². The van der Waals surface area contributed by atoms with Gasteiger partial charge in [0.1, 0.15) is 0 Å². The van der Waals surface area contributed by atoms with Crippen molar-refractivity contribution in [3.63, 3.8) is 0 Å². The molecule has 1 saturated heterocycles. The van der Waals surface area contributed by atoms with Crippen LogP contribution in [-0.4, -0.2) is 22.8 Å². The van der Waals surface area contributed by atoms with Crippen molar-refractivity contribution in [1.29, 1.82) is 0 Å². The van der Waals surface area contributed by atoms with Gasteiger partial charge < -0.3 is 0 Å². The van der Waals surface area contributed by atoms with Crippen molar-refractivity contribution in [2.75, 3.05) is 11.9 Å². The van der Waals surface area contributed by atoms with Crippen LogP contribution in [0, 0.1) is 11.6 Å². The Morgan fingerprint density at radius 1 is 1.33 bits per heavy atom. The largest absolute Gasteiger partial charge is 0.296 e. The van der Waals surface area contributed by atoms with Crippen LogP contribution >= 0.6 is 15.9 Å². The van der Waals surface area contributed by atoms with E-state index in [-0.39, 0.29) is 0 Å². The van der Waals surface area contributed by atoms with Crippen LogP contribution in [0.3, 0.4) is 0 Å². The van der Waals surface area contributed by atoms with E-state index >= 15 is 0 Å². The Balaban J connectivity index is 2.01. The Kier molecular flexibility index (Phi) is 5.13. The van der Waals surface area contributed by atoms with E-state index in [1.807, 2.05) is 0 Å². The Morgan fingerprint density at radius 2 is 2.17 bits per heavy atom. The Hall–Kier alpha value is -0.480. The van der Waals surface area contributed by atoms with Crippen molar-refractivity contribution < 1.29 is 8.78 Å². The van der Waals surface area contributed by atoms with E-state index in [0.29, 0.717) is 18.2 Å². The molecule has 1 nitrogen and oxygen atoms in total. The molecule has 1 atom stereocenters. The van der Waals surface area contributed by atoms with Crippen LogP contribution in [-0.2, 0) is 6.54 Å². The first-order valence-electron chi connectivity index (χ1n) is 6.45. The Morgan fingerprint density at radius 3 is 2.94 bits per heavy atom. The molecule has 0 amide bonds. The summed E-state index contributed by atoms with van der Waals surface area (Å²) in [6.07, 6.45) is 4.59. The lowest BCUT2D eigenvalue weighted by atomic mass is 10.1. The van der Waals surface area contributed by atoms with E-state index in [0.717, 1.165) is 31.1 Å². The van der Waals surface area contributed by atoms with Gasteiger partial charge in [0, 0.05) is 23.5 Å². The summed E-state index contributed by atoms with van der Waals surface area (Å²) in [6, 6.07) is 4.95. The highest BCUT2D eigenvalue weighted by molar-refractivity contribution is 9.09. The summed E-state index contributed by atoms with van der Waals surface area (Å²) in [5.41, 5.74) is 0.473. The van der Waals surface area contributed by atoms with Gasteiger partial charge in [0.25, 0.3) is 0 Å². The normalized spacial score (nSPS) is 20.5. The van der Waals surface area contributed by atoms with E-state index < -0.39 is 11.6 Å². The maximum atomic E-state index is 13.6. The number of alkyl halides is 1. The van der Waals surface area contributed by atoms with Crippen LogP contribution in [0.1, 0.15) is 31.2 Å². The molecule has 18 heavy (non-hydrogen) atoms. The van der Waals surface area contributed by atoms with Crippen LogP contribution in [0.25, 0.3) is 0 Å². The minimum Gasteiger partial charge on any atom is -0.296 e. The number of halogens is 3. The highest BCUT2D eigenvalue weighted by Gasteiger charge is 2.24. The highest BCUT2D eigenvalue weighted by atomic mass is 79.9. The van der Waals surface area contributed by atoms with Crippen LogP contribution in [0.5, 0.6) is 0 Å². The minimum absolute atomic E-state index is 0.473. The van der Waals surface area contributed by atoms with Crippen LogP contribution in [0.2, 0.25) is 0 Å². The first kappa shape index (κ1) is 13.9. The zero-order valence-corrected chi connectivity index (χ0v) is 11.9. The van der Waals surface area contributed by atoms with Gasteiger partial charge in [-0.05, 0) is 38.3 Å². The molecule has 0 aliphatic carbocycles. The second-order valence-corrected chi connectivity index (χ2v) is 5.60. The number of benzene rings is 1. The average molecular weight is 318 g/mol. The fourth-order valence-corrected chi connectivity index (χ4v) is 2.96. The standard InChI is InChI=1S/C14H18BrF2N/c15-8-2-5-12-6-3-9-18(12)10-11-4-1-7-13(16)14(11)17/h1,4,7,12H,2-3,5-6,8-10H2. The van der Waals surface area contributed by atoms with E-state index in [2.05, 4.69) is 20.8 Å². The monoisotopic (exact) mass is 317 g/mol. The molecule has 1 aliphatic rings. The van der Waals surface area contributed by atoms with Gasteiger partial charge in [0.15, 0.2) is 11.6 Å². The maximum Gasteiger partial charge on any atom is 0.163 e. The van der Waals surface area contributed by atoms with Crippen LogP contribution < -0.4 is 0 Å². The van der Waals surface area contributed by atoms with Gasteiger partial charge in [-0.15, -0.1) is 0 Å². The zero-order chi connectivity index (χ0) is 13.0. The topological polar surface area (TPSA) is 3.24 Å². The van der Waals surface area contributed by atoms with Crippen molar-refractivity contribution in [2.45, 2.75) is 38.3 Å². The predicted molar refractivity (Wildman–Crippen MR) is 72.8 cm³/mol. The fourth-order valence-electron chi connectivity index (χ4n) is 2.63. The zero-order valence-electron chi connectivity index (χ0n) is 10.3. The second kappa shape index (κ2) is 6.62. The van der Waals surface area contributed by atoms with Gasteiger partial charge >= 0.3 is 0 Å². The van der Waals surface area contributed by atoms with Crippen molar-refractivity contribution >= 4 is 15.9 Å². The van der Waals surface area contributed by atoms with Gasteiger partial charge in [-0.3, -0.25) is 4.90 Å². The first-order chi connectivity index (χ1) is 8.72. The van der Waals surface area contributed by atoms with Gasteiger partial charge in [-0.2, -0.15) is 0 Å². The molecule has 100 valence electrons. The molecule has 1 aromatic rings. The molecule has 0 saturated carbocycles. The lowest BCUT2D eigenvalue weighted by Crippen LogP contribution is -2.29. The molecule has 1 heterocycles. The third kappa shape index (κ3) is 3.29. The molecular weight excluding hydrogens is 300 g/mol. The van der Waals surface area contributed by atoms with E-state index in [1.54, 1.807) is 12.1 Å². The number of likely N-dealkylation sites (tertiary alicyclic amines) is 1. The fraction of sp³-hybridized carbons (Fsp3) is 0.571. The summed E-state index contributed by atoms with van der Waals surface area (Å²) in [4.78, 5) is 2.28. The molecule has 1 unspecified atom stereocenters. The van der Waals surface area contributed by atoms with Crippen LogP contribution in [0.15, 0.2) is 18.2 Å². The predicted octanol–water partition coefficient (Wildman–Crippen LogP) is 4.10. The summed E-state index contributed by atoms with van der Waals surface area (Å²) in [6.45, 7) is 1.51. The molecule has 1 aliphatic heterocycles. The lowest BCUT2D eigenvalue weighted by molar-refractivity contribution is 0.230. The highest BCUT2D eigenvalue weighted by Crippen LogP contribution is 2.25. The average Bonchev–Trinajstić information content (AvgIpc) is 2.80. The number of hydrogen-bond donors (Lipinski definition) is 0. The SMILES string of the molecule is Fc1cccc(CN2CCCC2CCCBr)c1F. The van der Waals surface area contributed by atoms with Crippen molar-refractivity contribution in [3.8, 4) is 0 Å².